The second-order valence-corrected chi connectivity index (χ2v) is 9.63. The van der Waals surface area contributed by atoms with Crippen molar-refractivity contribution in [1.82, 2.24) is 20.1 Å². The van der Waals surface area contributed by atoms with Gasteiger partial charge in [-0.3, -0.25) is 4.79 Å². The molecule has 1 aliphatic heterocycles. The highest BCUT2D eigenvalue weighted by Crippen LogP contribution is 2.41. The lowest BCUT2D eigenvalue weighted by molar-refractivity contribution is 0.0938. The summed E-state index contributed by atoms with van der Waals surface area (Å²) in [7, 11) is -1.45. The summed E-state index contributed by atoms with van der Waals surface area (Å²) in [4.78, 5) is 17.6. The standard InChI is InChI=1S/C18H24N4O4S/c1-11-16-14(18(23)19-6-7-26-2)9-15(12-3-4-12)20-17(16)22(21-11)13-5-8-27(24,25)10-13/h9,12-13H,3-8,10H2,1-2H3,(H,19,23). The van der Waals surface area contributed by atoms with Gasteiger partial charge in [-0.25, -0.2) is 18.1 Å². The average Bonchev–Trinajstić information content (AvgIpc) is 3.34. The summed E-state index contributed by atoms with van der Waals surface area (Å²) < 4.78 is 30.6. The van der Waals surface area contributed by atoms with Gasteiger partial charge in [-0.15, -0.1) is 0 Å². The number of pyridine rings is 1. The zero-order valence-corrected chi connectivity index (χ0v) is 16.4. The van der Waals surface area contributed by atoms with Gasteiger partial charge in [-0.05, 0) is 32.3 Å². The van der Waals surface area contributed by atoms with Gasteiger partial charge in [0.2, 0.25) is 0 Å². The Morgan fingerprint density at radius 2 is 2.15 bits per heavy atom. The van der Waals surface area contributed by atoms with Crippen LogP contribution in [-0.2, 0) is 14.6 Å². The van der Waals surface area contributed by atoms with Crippen LogP contribution >= 0.6 is 0 Å². The Hall–Kier alpha value is -2.00. The second kappa shape index (κ2) is 6.87. The molecule has 2 aromatic rings. The van der Waals surface area contributed by atoms with E-state index in [4.69, 9.17) is 9.72 Å². The Labute approximate surface area is 158 Å². The summed E-state index contributed by atoms with van der Waals surface area (Å²) in [6, 6.07) is 1.64. The zero-order valence-electron chi connectivity index (χ0n) is 15.6. The van der Waals surface area contributed by atoms with Gasteiger partial charge >= 0.3 is 0 Å². The smallest absolute Gasteiger partial charge is 0.252 e. The molecule has 1 saturated carbocycles. The number of hydrogen-bond acceptors (Lipinski definition) is 6. The Morgan fingerprint density at radius 1 is 1.37 bits per heavy atom. The molecule has 2 fully saturated rings. The molecule has 0 bridgehead atoms. The third-order valence-electron chi connectivity index (χ3n) is 5.24. The molecule has 4 rings (SSSR count). The number of ether oxygens (including phenoxy) is 1. The van der Waals surface area contributed by atoms with Crippen molar-refractivity contribution in [2.45, 2.75) is 38.1 Å². The first-order valence-corrected chi connectivity index (χ1v) is 11.1. The normalized spacial score (nSPS) is 21.6. The van der Waals surface area contributed by atoms with Crippen LogP contribution in [0.25, 0.3) is 11.0 Å². The van der Waals surface area contributed by atoms with Crippen molar-refractivity contribution in [3.63, 3.8) is 0 Å². The SMILES string of the molecule is COCCNC(=O)c1cc(C2CC2)nc2c1c(C)nn2C1CCS(=O)(=O)C1. The highest BCUT2D eigenvalue weighted by molar-refractivity contribution is 7.91. The number of aryl methyl sites for hydroxylation is 1. The Balaban J connectivity index is 1.79. The number of nitrogens with zero attached hydrogens (tertiary/aromatic N) is 3. The van der Waals surface area contributed by atoms with Crippen molar-refractivity contribution in [3.8, 4) is 0 Å². The first kappa shape index (κ1) is 18.4. The molecule has 8 nitrogen and oxygen atoms in total. The summed E-state index contributed by atoms with van der Waals surface area (Å²) in [6.45, 7) is 2.70. The van der Waals surface area contributed by atoms with Crippen LogP contribution in [0, 0.1) is 6.92 Å². The number of fused-ring (bicyclic) bond motifs is 1. The van der Waals surface area contributed by atoms with Crippen molar-refractivity contribution >= 4 is 26.8 Å². The van der Waals surface area contributed by atoms with Crippen LogP contribution in [0.1, 0.15) is 53.0 Å². The van der Waals surface area contributed by atoms with E-state index in [9.17, 15) is 13.2 Å². The summed E-state index contributed by atoms with van der Waals surface area (Å²) in [6.07, 6.45) is 2.66. The van der Waals surface area contributed by atoms with E-state index in [1.807, 2.05) is 13.0 Å². The maximum atomic E-state index is 12.8. The minimum Gasteiger partial charge on any atom is -0.383 e. The fourth-order valence-electron chi connectivity index (χ4n) is 3.68. The van der Waals surface area contributed by atoms with Crippen molar-refractivity contribution < 1.29 is 17.9 Å². The number of methoxy groups -OCH3 is 1. The van der Waals surface area contributed by atoms with E-state index in [1.54, 1.807) is 11.8 Å². The summed E-state index contributed by atoms with van der Waals surface area (Å²) in [5.74, 6) is 0.442. The molecule has 9 heteroatoms. The van der Waals surface area contributed by atoms with E-state index in [0.717, 1.165) is 18.5 Å². The first-order valence-electron chi connectivity index (χ1n) is 9.27. The van der Waals surface area contributed by atoms with Gasteiger partial charge in [0.1, 0.15) is 0 Å². The first-order chi connectivity index (χ1) is 12.9. The van der Waals surface area contributed by atoms with E-state index in [-0.39, 0.29) is 23.5 Å². The number of sulfone groups is 1. The highest BCUT2D eigenvalue weighted by atomic mass is 32.2. The predicted octanol–water partition coefficient (Wildman–Crippen LogP) is 1.35. The molecule has 1 atom stereocenters. The average molecular weight is 392 g/mol. The van der Waals surface area contributed by atoms with Gasteiger partial charge in [0.15, 0.2) is 15.5 Å². The Bertz CT molecular complexity index is 994. The van der Waals surface area contributed by atoms with Crippen molar-refractivity contribution in [2.75, 3.05) is 31.8 Å². The van der Waals surface area contributed by atoms with E-state index >= 15 is 0 Å². The minimum atomic E-state index is -3.04. The van der Waals surface area contributed by atoms with Gasteiger partial charge in [-0.2, -0.15) is 5.10 Å². The number of hydrogen-bond donors (Lipinski definition) is 1. The maximum absolute atomic E-state index is 12.8. The molecule has 146 valence electrons. The van der Waals surface area contributed by atoms with E-state index in [0.29, 0.717) is 47.8 Å². The Morgan fingerprint density at radius 3 is 2.78 bits per heavy atom. The highest BCUT2D eigenvalue weighted by Gasteiger charge is 2.33. The number of carbonyl (C=O) groups excluding carboxylic acids is 1. The van der Waals surface area contributed by atoms with Crippen LogP contribution in [0.4, 0.5) is 0 Å². The monoisotopic (exact) mass is 392 g/mol. The van der Waals surface area contributed by atoms with Crippen molar-refractivity contribution in [3.05, 3.63) is 23.0 Å². The lowest BCUT2D eigenvalue weighted by Crippen LogP contribution is -2.27. The molecular weight excluding hydrogens is 368 g/mol. The minimum absolute atomic E-state index is 0.0773. The largest absolute Gasteiger partial charge is 0.383 e. The van der Waals surface area contributed by atoms with Gasteiger partial charge in [0.05, 0.1) is 40.8 Å². The van der Waals surface area contributed by atoms with Crippen molar-refractivity contribution in [2.24, 2.45) is 0 Å². The molecule has 1 amide bonds. The van der Waals surface area contributed by atoms with Gasteiger partial charge in [-0.1, -0.05) is 0 Å². The second-order valence-electron chi connectivity index (χ2n) is 7.40. The number of nitrogens with one attached hydrogen (secondary N) is 1. The van der Waals surface area contributed by atoms with Crippen LogP contribution < -0.4 is 5.32 Å². The van der Waals surface area contributed by atoms with Crippen molar-refractivity contribution in [1.29, 1.82) is 0 Å². The van der Waals surface area contributed by atoms with Crippen LogP contribution in [0.5, 0.6) is 0 Å². The predicted molar refractivity (Wildman–Crippen MR) is 101 cm³/mol. The molecule has 0 spiro atoms. The summed E-state index contributed by atoms with van der Waals surface area (Å²) >= 11 is 0. The van der Waals surface area contributed by atoms with Crippen LogP contribution in [0.2, 0.25) is 0 Å². The third kappa shape index (κ3) is 3.58. The maximum Gasteiger partial charge on any atom is 0.252 e. The molecule has 2 aliphatic rings. The molecule has 0 aromatic carbocycles. The third-order valence-corrected chi connectivity index (χ3v) is 6.99. The molecule has 27 heavy (non-hydrogen) atoms. The lowest BCUT2D eigenvalue weighted by Gasteiger charge is -2.12. The molecule has 1 N–H and O–H groups in total. The molecule has 0 radical (unpaired) electrons. The lowest BCUT2D eigenvalue weighted by atomic mass is 10.1. The van der Waals surface area contributed by atoms with Gasteiger partial charge in [0.25, 0.3) is 5.91 Å². The molecule has 3 heterocycles. The van der Waals surface area contributed by atoms with E-state index in [1.165, 1.54) is 0 Å². The van der Waals surface area contributed by atoms with E-state index in [2.05, 4.69) is 10.4 Å². The fourth-order valence-corrected chi connectivity index (χ4v) is 5.38. The van der Waals surface area contributed by atoms with Crippen LogP contribution in [0.3, 0.4) is 0 Å². The zero-order chi connectivity index (χ0) is 19.2. The number of amides is 1. The molecule has 1 saturated heterocycles. The number of carbonyl (C=O) groups is 1. The molecule has 1 aliphatic carbocycles. The number of aromatic nitrogens is 3. The molecule has 2 aromatic heterocycles. The molecular formula is C18H24N4O4S. The molecule has 1 unspecified atom stereocenters. The quantitative estimate of drug-likeness (QED) is 0.745. The van der Waals surface area contributed by atoms with Gasteiger partial charge < -0.3 is 10.1 Å². The summed E-state index contributed by atoms with van der Waals surface area (Å²) in [5.41, 5.74) is 2.76. The van der Waals surface area contributed by atoms with E-state index < -0.39 is 9.84 Å². The fraction of sp³-hybridized carbons (Fsp3) is 0.611. The topological polar surface area (TPSA) is 103 Å². The Kier molecular flexibility index (Phi) is 4.67. The van der Waals surface area contributed by atoms with Crippen LogP contribution in [0.15, 0.2) is 6.07 Å². The van der Waals surface area contributed by atoms with Gasteiger partial charge in [0, 0.05) is 25.3 Å². The van der Waals surface area contributed by atoms with Crippen LogP contribution in [-0.4, -0.2) is 60.9 Å². The number of rotatable bonds is 6. The summed E-state index contributed by atoms with van der Waals surface area (Å²) in [5, 5.41) is 8.16.